The molecule has 1 amide bonds. The molecule has 0 spiro atoms. The molecule has 3 aromatic rings. The maximum Gasteiger partial charge on any atom is 0.308 e. The number of benzene rings is 3. The van der Waals surface area contributed by atoms with Crippen molar-refractivity contribution in [3.63, 3.8) is 0 Å². The van der Waals surface area contributed by atoms with Crippen molar-refractivity contribution < 1.29 is 33.3 Å². The zero-order valence-corrected chi connectivity index (χ0v) is 24.2. The van der Waals surface area contributed by atoms with Crippen LogP contribution in [0.3, 0.4) is 0 Å². The molecule has 2 atom stereocenters. The third-order valence-electron chi connectivity index (χ3n) is 6.71. The summed E-state index contributed by atoms with van der Waals surface area (Å²) in [7, 11) is 4.77. The fourth-order valence-electron chi connectivity index (χ4n) is 4.77. The van der Waals surface area contributed by atoms with Gasteiger partial charge in [-0.3, -0.25) is 9.59 Å². The topological polar surface area (TPSA) is 83.5 Å². The van der Waals surface area contributed by atoms with E-state index >= 15 is 0 Å². The standard InChI is InChI=1S/C30H32BrNO7/c1-6-38-28(33)16-27-30(34)32(17-19-10-12-21(35-3)15-26(19)37-5)24-13-11-20(31)14-23(24)29(39-27)22-8-7-9-25(36-4)18(22)2/h7-15,27,29H,6,16-17H2,1-5H3/t27-,29-/m1/s1. The van der Waals surface area contributed by atoms with E-state index in [1.54, 1.807) is 39.2 Å². The fraction of sp³-hybridized carbons (Fsp3) is 0.333. The minimum Gasteiger partial charge on any atom is -0.497 e. The Kier molecular flexibility index (Phi) is 9.14. The van der Waals surface area contributed by atoms with Crippen LogP contribution in [0.4, 0.5) is 5.69 Å². The van der Waals surface area contributed by atoms with Gasteiger partial charge in [0, 0.05) is 21.7 Å². The van der Waals surface area contributed by atoms with E-state index in [0.717, 1.165) is 26.7 Å². The van der Waals surface area contributed by atoms with Crippen LogP contribution >= 0.6 is 15.9 Å². The lowest BCUT2D eigenvalue weighted by Crippen LogP contribution is -2.40. The fourth-order valence-corrected chi connectivity index (χ4v) is 5.15. The molecule has 0 radical (unpaired) electrons. The summed E-state index contributed by atoms with van der Waals surface area (Å²) in [6.07, 6.45) is -1.97. The van der Waals surface area contributed by atoms with Crippen LogP contribution in [0.2, 0.25) is 0 Å². The van der Waals surface area contributed by atoms with Crippen LogP contribution in [-0.2, 0) is 25.6 Å². The quantitative estimate of drug-likeness (QED) is 0.290. The highest BCUT2D eigenvalue weighted by molar-refractivity contribution is 9.10. The number of hydrogen-bond acceptors (Lipinski definition) is 7. The van der Waals surface area contributed by atoms with Crippen LogP contribution in [0.1, 0.15) is 41.7 Å². The van der Waals surface area contributed by atoms with Gasteiger partial charge >= 0.3 is 5.97 Å². The van der Waals surface area contributed by atoms with Gasteiger partial charge in [0.25, 0.3) is 5.91 Å². The van der Waals surface area contributed by atoms with Gasteiger partial charge < -0.3 is 28.6 Å². The highest BCUT2D eigenvalue weighted by Gasteiger charge is 2.39. The number of halogens is 1. The summed E-state index contributed by atoms with van der Waals surface area (Å²) in [5.74, 6) is 1.05. The Bertz CT molecular complexity index is 1360. The Balaban J connectivity index is 1.88. The molecular formula is C30H32BrNO7. The van der Waals surface area contributed by atoms with Gasteiger partial charge in [-0.2, -0.15) is 0 Å². The number of hydrogen-bond donors (Lipinski definition) is 0. The van der Waals surface area contributed by atoms with Crippen molar-refractivity contribution in [3.8, 4) is 17.2 Å². The molecule has 0 saturated carbocycles. The molecular weight excluding hydrogens is 566 g/mol. The smallest absolute Gasteiger partial charge is 0.308 e. The highest BCUT2D eigenvalue weighted by Crippen LogP contribution is 2.43. The van der Waals surface area contributed by atoms with Gasteiger partial charge in [0.1, 0.15) is 29.5 Å². The second-order valence-corrected chi connectivity index (χ2v) is 9.91. The summed E-state index contributed by atoms with van der Waals surface area (Å²) in [5, 5.41) is 0. The van der Waals surface area contributed by atoms with Crippen LogP contribution in [0.5, 0.6) is 17.2 Å². The molecule has 206 valence electrons. The van der Waals surface area contributed by atoms with Gasteiger partial charge in [0.05, 0.1) is 46.6 Å². The van der Waals surface area contributed by atoms with E-state index in [1.165, 1.54) is 0 Å². The summed E-state index contributed by atoms with van der Waals surface area (Å²) in [6, 6.07) is 16.9. The van der Waals surface area contributed by atoms with E-state index in [9.17, 15) is 9.59 Å². The second kappa shape index (κ2) is 12.5. The zero-order valence-electron chi connectivity index (χ0n) is 22.7. The molecule has 3 aromatic carbocycles. The molecule has 4 rings (SSSR count). The van der Waals surface area contributed by atoms with Crippen molar-refractivity contribution in [1.82, 2.24) is 0 Å². The monoisotopic (exact) mass is 597 g/mol. The number of esters is 1. The number of carbonyl (C=O) groups is 2. The van der Waals surface area contributed by atoms with Crippen molar-refractivity contribution >= 4 is 33.5 Å². The minimum atomic E-state index is -1.09. The lowest BCUT2D eigenvalue weighted by atomic mass is 9.95. The number of methoxy groups -OCH3 is 3. The average molecular weight is 598 g/mol. The van der Waals surface area contributed by atoms with Gasteiger partial charge in [0.2, 0.25) is 0 Å². The number of ether oxygens (including phenoxy) is 5. The first kappa shape index (κ1) is 28.4. The van der Waals surface area contributed by atoms with Crippen LogP contribution in [0.25, 0.3) is 0 Å². The van der Waals surface area contributed by atoms with Gasteiger partial charge in [-0.05, 0) is 61.4 Å². The van der Waals surface area contributed by atoms with Crippen LogP contribution < -0.4 is 19.1 Å². The Labute approximate surface area is 236 Å². The maximum absolute atomic E-state index is 14.1. The van der Waals surface area contributed by atoms with E-state index in [4.69, 9.17) is 23.7 Å². The molecule has 1 heterocycles. The maximum atomic E-state index is 14.1. The lowest BCUT2D eigenvalue weighted by molar-refractivity contribution is -0.151. The number of fused-ring (bicyclic) bond motifs is 1. The summed E-state index contributed by atoms with van der Waals surface area (Å²) >= 11 is 3.59. The summed E-state index contributed by atoms with van der Waals surface area (Å²) in [4.78, 5) is 28.4. The Morgan fingerprint density at radius 3 is 2.44 bits per heavy atom. The van der Waals surface area contributed by atoms with Crippen molar-refractivity contribution in [2.24, 2.45) is 0 Å². The number of nitrogens with zero attached hydrogens (tertiary/aromatic N) is 1. The highest BCUT2D eigenvalue weighted by atomic mass is 79.9. The van der Waals surface area contributed by atoms with Gasteiger partial charge in [0.15, 0.2) is 0 Å². The van der Waals surface area contributed by atoms with Gasteiger partial charge in [-0.25, -0.2) is 0 Å². The van der Waals surface area contributed by atoms with Crippen LogP contribution in [-0.4, -0.2) is 45.9 Å². The summed E-state index contributed by atoms with van der Waals surface area (Å²) < 4.78 is 29.1. The van der Waals surface area contributed by atoms with E-state index in [0.29, 0.717) is 22.9 Å². The van der Waals surface area contributed by atoms with E-state index < -0.39 is 18.2 Å². The van der Waals surface area contributed by atoms with E-state index in [2.05, 4.69) is 15.9 Å². The van der Waals surface area contributed by atoms with E-state index in [1.807, 2.05) is 55.5 Å². The van der Waals surface area contributed by atoms with Gasteiger partial charge in [-0.1, -0.05) is 28.1 Å². The minimum absolute atomic E-state index is 0.188. The average Bonchev–Trinajstić information content (AvgIpc) is 3.04. The Morgan fingerprint density at radius 1 is 0.974 bits per heavy atom. The van der Waals surface area contributed by atoms with Crippen LogP contribution in [0, 0.1) is 6.92 Å². The molecule has 0 fully saturated rings. The van der Waals surface area contributed by atoms with E-state index in [-0.39, 0.29) is 25.5 Å². The molecule has 0 bridgehead atoms. The number of rotatable bonds is 9. The van der Waals surface area contributed by atoms with Crippen molar-refractivity contribution in [2.75, 3.05) is 32.8 Å². The molecule has 0 aromatic heterocycles. The second-order valence-electron chi connectivity index (χ2n) is 8.99. The number of anilines is 1. The third-order valence-corrected chi connectivity index (χ3v) is 7.21. The molecule has 1 aliphatic heterocycles. The lowest BCUT2D eigenvalue weighted by Gasteiger charge is -2.26. The molecule has 39 heavy (non-hydrogen) atoms. The molecule has 0 saturated heterocycles. The zero-order chi connectivity index (χ0) is 28.1. The predicted octanol–water partition coefficient (Wildman–Crippen LogP) is 5.76. The van der Waals surface area contributed by atoms with Crippen LogP contribution in [0.15, 0.2) is 59.1 Å². The van der Waals surface area contributed by atoms with Crippen molar-refractivity contribution in [3.05, 3.63) is 81.3 Å². The predicted molar refractivity (Wildman–Crippen MR) is 151 cm³/mol. The first-order valence-corrected chi connectivity index (χ1v) is 13.4. The summed E-state index contributed by atoms with van der Waals surface area (Å²) in [5.41, 5.74) is 3.92. The molecule has 0 unspecified atom stereocenters. The third kappa shape index (κ3) is 6.04. The molecule has 8 nitrogen and oxygen atoms in total. The first-order valence-electron chi connectivity index (χ1n) is 12.6. The molecule has 1 aliphatic rings. The molecule has 0 aliphatic carbocycles. The number of carbonyl (C=O) groups excluding carboxylic acids is 2. The normalized spacial score (nSPS) is 16.8. The number of amides is 1. The Hall–Kier alpha value is -3.56. The van der Waals surface area contributed by atoms with Crippen molar-refractivity contribution in [1.29, 1.82) is 0 Å². The van der Waals surface area contributed by atoms with Gasteiger partial charge in [-0.15, -0.1) is 0 Å². The first-order chi connectivity index (χ1) is 18.8. The Morgan fingerprint density at radius 2 is 1.74 bits per heavy atom. The molecule has 9 heteroatoms. The SMILES string of the molecule is CCOC(=O)C[C@H]1O[C@H](c2cccc(OC)c2C)c2cc(Br)ccc2N(Cc2ccc(OC)cc2OC)C1=O. The van der Waals surface area contributed by atoms with Crippen molar-refractivity contribution in [2.45, 2.75) is 39.0 Å². The molecule has 0 N–H and O–H groups in total. The largest absolute Gasteiger partial charge is 0.497 e. The summed E-state index contributed by atoms with van der Waals surface area (Å²) in [6.45, 7) is 4.07.